The van der Waals surface area contributed by atoms with Crippen LogP contribution >= 0.6 is 0 Å². The number of aliphatic hydroxyl groups is 1. The number of hydrogen-bond acceptors (Lipinski definition) is 6. The van der Waals surface area contributed by atoms with Gasteiger partial charge in [-0.3, -0.25) is 0 Å². The van der Waals surface area contributed by atoms with E-state index in [9.17, 15) is 5.11 Å². The molecule has 1 atom stereocenters. The van der Waals surface area contributed by atoms with Crippen molar-refractivity contribution in [2.45, 2.75) is 32.3 Å². The van der Waals surface area contributed by atoms with Crippen molar-refractivity contribution in [2.75, 3.05) is 26.2 Å². The third-order valence-corrected chi connectivity index (χ3v) is 5.45. The minimum absolute atomic E-state index is 0. The summed E-state index contributed by atoms with van der Waals surface area (Å²) in [5, 5.41) is 14.9. The van der Waals surface area contributed by atoms with Crippen molar-refractivity contribution in [3.05, 3.63) is 35.7 Å². The van der Waals surface area contributed by atoms with E-state index in [0.717, 1.165) is 42.8 Å². The van der Waals surface area contributed by atoms with Gasteiger partial charge in [-0.25, -0.2) is 0 Å². The minimum atomic E-state index is -0.758. The number of piperidine rings is 3. The van der Waals surface area contributed by atoms with Crippen molar-refractivity contribution in [3.63, 3.8) is 0 Å². The van der Waals surface area contributed by atoms with Crippen molar-refractivity contribution >= 4 is 14.5 Å². The fourth-order valence-electron chi connectivity index (χ4n) is 4.05. The van der Waals surface area contributed by atoms with Gasteiger partial charge in [-0.05, 0) is 63.9 Å². The number of ether oxygens (including phenoxy) is 1. The molecule has 0 aliphatic carbocycles. The van der Waals surface area contributed by atoms with Crippen LogP contribution in [0.25, 0.3) is 17.5 Å². The number of aromatic nitrogens is 2. The maximum absolute atomic E-state index is 11.1. The summed E-state index contributed by atoms with van der Waals surface area (Å²) in [5.74, 6) is 2.19. The molecule has 2 bridgehead atoms. The van der Waals surface area contributed by atoms with E-state index in [4.69, 9.17) is 9.26 Å². The van der Waals surface area contributed by atoms with Crippen LogP contribution in [0.1, 0.15) is 31.2 Å². The van der Waals surface area contributed by atoms with Crippen molar-refractivity contribution in [1.29, 1.82) is 0 Å². The molecule has 1 aromatic carbocycles. The predicted molar refractivity (Wildman–Crippen MR) is 105 cm³/mol. The molecule has 1 N–H and O–H groups in total. The Hall–Kier alpha value is -2.12. The van der Waals surface area contributed by atoms with Gasteiger partial charge in [0.25, 0.3) is 5.89 Å². The zero-order chi connectivity index (χ0) is 18.1. The van der Waals surface area contributed by atoms with Gasteiger partial charge in [-0.1, -0.05) is 17.3 Å². The Bertz CT molecular complexity index is 815. The number of fused-ring (bicyclic) bond motifs is 3. The SMILES string of the molecule is CC=Cc1cc(-c2nc(C)no2)ccc1OCC1(O)CN2CCC1CC2.[B]. The quantitative estimate of drug-likeness (QED) is 0.820. The molecule has 3 radical (unpaired) electrons. The van der Waals surface area contributed by atoms with E-state index in [1.54, 1.807) is 6.92 Å². The molecule has 141 valence electrons. The molecule has 1 unspecified atom stereocenters. The number of benzene rings is 1. The smallest absolute Gasteiger partial charge is 0.257 e. The average molecular weight is 366 g/mol. The van der Waals surface area contributed by atoms with Crippen LogP contribution in [0.2, 0.25) is 0 Å². The van der Waals surface area contributed by atoms with E-state index >= 15 is 0 Å². The number of nitrogens with zero attached hydrogens (tertiary/aromatic N) is 3. The summed E-state index contributed by atoms with van der Waals surface area (Å²) in [6.07, 6.45) is 6.06. The molecule has 6 nitrogen and oxygen atoms in total. The van der Waals surface area contributed by atoms with E-state index in [0.29, 0.717) is 30.8 Å². The predicted octanol–water partition coefficient (Wildman–Crippen LogP) is 2.53. The molecule has 3 aliphatic heterocycles. The lowest BCUT2D eigenvalue weighted by molar-refractivity contribution is -0.131. The fraction of sp³-hybridized carbons (Fsp3) is 0.500. The van der Waals surface area contributed by atoms with Gasteiger partial charge < -0.3 is 19.3 Å². The van der Waals surface area contributed by atoms with Gasteiger partial charge >= 0.3 is 0 Å². The van der Waals surface area contributed by atoms with Gasteiger partial charge in [-0.15, -0.1) is 0 Å². The minimum Gasteiger partial charge on any atom is -0.490 e. The molecule has 3 saturated heterocycles. The monoisotopic (exact) mass is 366 g/mol. The first-order chi connectivity index (χ1) is 12.6. The summed E-state index contributed by atoms with van der Waals surface area (Å²) in [6, 6.07) is 5.80. The molecule has 7 heteroatoms. The highest BCUT2D eigenvalue weighted by Gasteiger charge is 2.46. The molecule has 4 heterocycles. The van der Waals surface area contributed by atoms with Crippen LogP contribution < -0.4 is 4.74 Å². The Kier molecular flexibility index (Phi) is 5.72. The third kappa shape index (κ3) is 3.94. The van der Waals surface area contributed by atoms with Gasteiger partial charge in [0, 0.05) is 26.1 Å². The standard InChI is InChI=1S/C20H25N3O3.B/c1-3-4-15-11-16(19-21-14(2)22-26-19)5-6-18(15)25-13-20(24)12-23-9-7-17(20)8-10-23;/h3-6,11,17,24H,7-10,12-13H2,1-2H3;. The molecular weight excluding hydrogens is 341 g/mol. The fourth-order valence-corrected chi connectivity index (χ4v) is 4.05. The van der Waals surface area contributed by atoms with Crippen LogP contribution in [-0.2, 0) is 0 Å². The van der Waals surface area contributed by atoms with Gasteiger partial charge in [0.15, 0.2) is 5.82 Å². The summed E-state index contributed by atoms with van der Waals surface area (Å²) in [6.45, 7) is 6.97. The Labute approximate surface area is 161 Å². The van der Waals surface area contributed by atoms with Crippen LogP contribution in [0.3, 0.4) is 0 Å². The van der Waals surface area contributed by atoms with E-state index in [1.165, 1.54) is 0 Å². The molecular formula is C20H25BN3O3. The summed E-state index contributed by atoms with van der Waals surface area (Å²) in [4.78, 5) is 6.61. The Morgan fingerprint density at radius 2 is 2.15 bits per heavy atom. The third-order valence-electron chi connectivity index (χ3n) is 5.45. The van der Waals surface area contributed by atoms with Crippen LogP contribution in [0.5, 0.6) is 5.75 Å². The topological polar surface area (TPSA) is 71.6 Å². The van der Waals surface area contributed by atoms with Crippen LogP contribution in [0.15, 0.2) is 28.8 Å². The van der Waals surface area contributed by atoms with Gasteiger partial charge in [0.1, 0.15) is 18.0 Å². The number of rotatable bonds is 5. The second-order valence-corrected chi connectivity index (χ2v) is 7.34. The summed E-state index contributed by atoms with van der Waals surface area (Å²) in [5.41, 5.74) is 1.03. The number of aryl methyl sites for hydroxylation is 1. The maximum atomic E-state index is 11.1. The molecule has 0 amide bonds. The second kappa shape index (κ2) is 7.86. The van der Waals surface area contributed by atoms with E-state index in [2.05, 4.69) is 15.0 Å². The number of allylic oxidation sites excluding steroid dienone is 1. The van der Waals surface area contributed by atoms with Gasteiger partial charge in [0.05, 0.1) is 0 Å². The molecule has 3 aliphatic rings. The first-order valence-electron chi connectivity index (χ1n) is 9.22. The Morgan fingerprint density at radius 1 is 1.37 bits per heavy atom. The number of hydrogen-bond donors (Lipinski definition) is 1. The summed E-state index contributed by atoms with van der Waals surface area (Å²) < 4.78 is 11.3. The molecule has 2 aromatic rings. The zero-order valence-corrected chi connectivity index (χ0v) is 15.9. The van der Waals surface area contributed by atoms with Crippen LogP contribution in [-0.4, -0.2) is 60.4 Å². The first kappa shape index (κ1) is 19.6. The molecule has 0 saturated carbocycles. The normalized spacial score (nSPS) is 26.9. The lowest BCUT2D eigenvalue weighted by Gasteiger charge is -2.50. The molecule has 1 aromatic heterocycles. The Morgan fingerprint density at radius 3 is 2.74 bits per heavy atom. The lowest BCUT2D eigenvalue weighted by atomic mass is 9.76. The second-order valence-electron chi connectivity index (χ2n) is 7.34. The summed E-state index contributed by atoms with van der Waals surface area (Å²) >= 11 is 0. The Balaban J connectivity index is 0.00000210. The average Bonchev–Trinajstić information content (AvgIpc) is 3.08. The lowest BCUT2D eigenvalue weighted by Crippen LogP contribution is -2.61. The highest BCUT2D eigenvalue weighted by Crippen LogP contribution is 2.36. The molecule has 3 fully saturated rings. The largest absolute Gasteiger partial charge is 0.490 e. The van der Waals surface area contributed by atoms with Crippen molar-refractivity contribution < 1.29 is 14.4 Å². The highest BCUT2D eigenvalue weighted by atomic mass is 16.5. The van der Waals surface area contributed by atoms with E-state index < -0.39 is 5.60 Å². The molecule has 5 rings (SSSR count). The van der Waals surface area contributed by atoms with E-state index in [1.807, 2.05) is 37.3 Å². The van der Waals surface area contributed by atoms with Gasteiger partial charge in [0.2, 0.25) is 0 Å². The van der Waals surface area contributed by atoms with Crippen molar-refractivity contribution in [1.82, 2.24) is 15.0 Å². The van der Waals surface area contributed by atoms with Crippen LogP contribution in [0, 0.1) is 12.8 Å². The molecule has 0 spiro atoms. The summed E-state index contributed by atoms with van der Waals surface area (Å²) in [7, 11) is 0. The highest BCUT2D eigenvalue weighted by molar-refractivity contribution is 5.75. The molecule has 27 heavy (non-hydrogen) atoms. The van der Waals surface area contributed by atoms with Crippen LogP contribution in [0.4, 0.5) is 0 Å². The first-order valence-corrected chi connectivity index (χ1v) is 9.22. The zero-order valence-electron chi connectivity index (χ0n) is 15.9. The van der Waals surface area contributed by atoms with Gasteiger partial charge in [-0.2, -0.15) is 4.98 Å². The van der Waals surface area contributed by atoms with E-state index in [-0.39, 0.29) is 8.41 Å². The van der Waals surface area contributed by atoms with Crippen molar-refractivity contribution in [2.24, 2.45) is 5.92 Å². The maximum Gasteiger partial charge on any atom is 0.257 e. The van der Waals surface area contributed by atoms with Crippen molar-refractivity contribution in [3.8, 4) is 17.2 Å².